The minimum absolute atomic E-state index is 0.0173. The van der Waals surface area contributed by atoms with Crippen LogP contribution in [0.25, 0.3) is 0 Å². The van der Waals surface area contributed by atoms with Crippen molar-refractivity contribution in [2.45, 2.75) is 61.8 Å². The molecule has 0 aromatic carbocycles. The maximum absolute atomic E-state index is 12.8. The van der Waals surface area contributed by atoms with Crippen LogP contribution in [0.4, 0.5) is 9.93 Å². The predicted octanol–water partition coefficient (Wildman–Crippen LogP) is 4.76. The van der Waals surface area contributed by atoms with Gasteiger partial charge in [0.05, 0.1) is 22.4 Å². The zero-order chi connectivity index (χ0) is 25.0. The average molecular weight is 522 g/mol. The van der Waals surface area contributed by atoms with E-state index in [-0.39, 0.29) is 17.2 Å². The third-order valence-electron chi connectivity index (χ3n) is 6.61. The quantitative estimate of drug-likeness (QED) is 0.502. The van der Waals surface area contributed by atoms with Crippen LogP contribution in [0.1, 0.15) is 58.1 Å². The highest BCUT2D eigenvalue weighted by Crippen LogP contribution is 2.32. The summed E-state index contributed by atoms with van der Waals surface area (Å²) in [5.41, 5.74) is -0.0641. The Morgan fingerprint density at radius 3 is 2.66 bits per heavy atom. The minimum Gasteiger partial charge on any atom is -0.465 e. The molecule has 4 rings (SSSR count). The number of thiazole rings is 1. The number of oxazole rings is 1. The number of carbonyl (C=O) groups is 2. The minimum atomic E-state index is -0.818. The van der Waals surface area contributed by atoms with Crippen LogP contribution in [0.3, 0.4) is 0 Å². The number of likely N-dealkylation sites (tertiary alicyclic amines) is 2. The molecule has 2 amide bonds. The van der Waals surface area contributed by atoms with Crippen molar-refractivity contribution in [1.29, 1.82) is 0 Å². The summed E-state index contributed by atoms with van der Waals surface area (Å²) in [6, 6.07) is 0. The number of amides is 2. The molecular weight excluding hydrogens is 486 g/mol. The fourth-order valence-corrected chi connectivity index (χ4v) is 6.31. The third kappa shape index (κ3) is 7.20. The van der Waals surface area contributed by atoms with Crippen molar-refractivity contribution >= 4 is 40.2 Å². The summed E-state index contributed by atoms with van der Waals surface area (Å²) >= 11 is 3.07. The Labute approximate surface area is 214 Å². The van der Waals surface area contributed by atoms with E-state index in [0.29, 0.717) is 35.8 Å². The number of aromatic nitrogens is 2. The maximum Gasteiger partial charge on any atom is 0.407 e. The Bertz CT molecular complexity index is 1010. The molecule has 9 nitrogen and oxygen atoms in total. The van der Waals surface area contributed by atoms with Gasteiger partial charge in [-0.3, -0.25) is 4.79 Å². The first-order valence-corrected chi connectivity index (χ1v) is 14.0. The van der Waals surface area contributed by atoms with E-state index in [1.807, 2.05) is 0 Å². The fraction of sp³-hybridized carbons (Fsp3) is 0.667. The van der Waals surface area contributed by atoms with Crippen molar-refractivity contribution in [2.24, 2.45) is 11.8 Å². The summed E-state index contributed by atoms with van der Waals surface area (Å²) in [7, 11) is 0. The van der Waals surface area contributed by atoms with Gasteiger partial charge in [-0.05, 0) is 44.7 Å². The number of hydrogen-bond donors (Lipinski definition) is 2. The number of thioether (sulfide) groups is 1. The molecule has 35 heavy (non-hydrogen) atoms. The van der Waals surface area contributed by atoms with Gasteiger partial charge in [-0.1, -0.05) is 32.1 Å². The Hall–Kier alpha value is -2.11. The summed E-state index contributed by atoms with van der Waals surface area (Å²) in [6.45, 7) is 10.2. The Morgan fingerprint density at radius 2 is 1.97 bits per heavy atom. The van der Waals surface area contributed by atoms with Crippen LogP contribution in [0.5, 0.6) is 0 Å². The van der Waals surface area contributed by atoms with E-state index >= 15 is 0 Å². The number of piperidine rings is 2. The zero-order valence-electron chi connectivity index (χ0n) is 20.7. The first-order valence-electron chi connectivity index (χ1n) is 12.2. The van der Waals surface area contributed by atoms with Crippen LogP contribution in [0, 0.1) is 11.8 Å². The summed E-state index contributed by atoms with van der Waals surface area (Å²) in [6.07, 6.45) is 6.39. The molecule has 0 saturated carbocycles. The van der Waals surface area contributed by atoms with Gasteiger partial charge < -0.3 is 24.6 Å². The first-order chi connectivity index (χ1) is 16.7. The number of nitrogens with zero attached hydrogens (tertiary/aromatic N) is 4. The molecule has 0 radical (unpaired) electrons. The van der Waals surface area contributed by atoms with E-state index < -0.39 is 6.09 Å². The molecule has 2 aromatic heterocycles. The van der Waals surface area contributed by atoms with Crippen molar-refractivity contribution in [2.75, 3.05) is 38.0 Å². The summed E-state index contributed by atoms with van der Waals surface area (Å²) in [5.74, 6) is 2.58. The van der Waals surface area contributed by atoms with Gasteiger partial charge in [0, 0.05) is 31.0 Å². The second-order valence-electron chi connectivity index (χ2n) is 10.4. The lowest BCUT2D eigenvalue weighted by atomic mass is 9.93. The van der Waals surface area contributed by atoms with Crippen LogP contribution in [0.2, 0.25) is 0 Å². The highest BCUT2D eigenvalue weighted by Gasteiger charge is 2.29. The van der Waals surface area contributed by atoms with Crippen LogP contribution >= 0.6 is 23.1 Å². The number of carbonyl (C=O) groups excluding carboxylic acids is 1. The van der Waals surface area contributed by atoms with E-state index in [4.69, 9.17) is 4.42 Å². The van der Waals surface area contributed by atoms with Gasteiger partial charge in [-0.25, -0.2) is 14.8 Å². The molecule has 2 N–H and O–H groups in total. The van der Waals surface area contributed by atoms with Crippen LogP contribution < -0.4 is 5.32 Å². The van der Waals surface area contributed by atoms with Gasteiger partial charge in [0.15, 0.2) is 5.13 Å². The molecule has 0 bridgehead atoms. The zero-order valence-corrected chi connectivity index (χ0v) is 22.3. The Morgan fingerprint density at radius 1 is 1.20 bits per heavy atom. The Balaban J connectivity index is 1.19. The molecule has 4 heterocycles. The van der Waals surface area contributed by atoms with Crippen molar-refractivity contribution in [1.82, 2.24) is 19.8 Å². The molecule has 2 aliphatic heterocycles. The van der Waals surface area contributed by atoms with E-state index in [9.17, 15) is 14.7 Å². The molecule has 0 aliphatic carbocycles. The van der Waals surface area contributed by atoms with Crippen LogP contribution in [0.15, 0.2) is 21.0 Å². The first kappa shape index (κ1) is 26.0. The average Bonchev–Trinajstić information content (AvgIpc) is 3.48. The second kappa shape index (κ2) is 11.3. The van der Waals surface area contributed by atoms with Gasteiger partial charge in [0.1, 0.15) is 5.76 Å². The second-order valence-corrected chi connectivity index (χ2v) is 12.7. The lowest BCUT2D eigenvalue weighted by Gasteiger charge is -2.37. The van der Waals surface area contributed by atoms with E-state index in [2.05, 4.69) is 41.0 Å². The summed E-state index contributed by atoms with van der Waals surface area (Å²) in [5, 5.41) is 12.9. The number of rotatable bonds is 7. The van der Waals surface area contributed by atoms with E-state index in [0.717, 1.165) is 55.3 Å². The highest BCUT2D eigenvalue weighted by molar-refractivity contribution is 8.00. The molecule has 2 aliphatic rings. The van der Waals surface area contributed by atoms with E-state index in [1.165, 1.54) is 16.2 Å². The molecule has 1 atom stereocenters. The van der Waals surface area contributed by atoms with Crippen molar-refractivity contribution < 1.29 is 19.1 Å². The number of hydrogen-bond acceptors (Lipinski definition) is 8. The van der Waals surface area contributed by atoms with Crippen LogP contribution in [-0.4, -0.2) is 69.6 Å². The molecule has 1 unspecified atom stereocenters. The number of carboxylic acid groups (broad SMARTS) is 1. The number of anilines is 1. The highest BCUT2D eigenvalue weighted by atomic mass is 32.2. The lowest BCUT2D eigenvalue weighted by Crippen LogP contribution is -2.45. The Kier molecular flexibility index (Phi) is 8.38. The lowest BCUT2D eigenvalue weighted by molar-refractivity contribution is -0.121. The molecule has 2 fully saturated rings. The normalized spacial score (nSPS) is 20.2. The van der Waals surface area contributed by atoms with Crippen LogP contribution in [-0.2, 0) is 16.0 Å². The predicted molar refractivity (Wildman–Crippen MR) is 137 cm³/mol. The summed E-state index contributed by atoms with van der Waals surface area (Å²) < 4.78 is 6.85. The molecule has 2 aromatic rings. The molecule has 11 heteroatoms. The summed E-state index contributed by atoms with van der Waals surface area (Å²) in [4.78, 5) is 36.7. The van der Waals surface area contributed by atoms with Crippen molar-refractivity contribution in [3.63, 3.8) is 0 Å². The van der Waals surface area contributed by atoms with Gasteiger partial charge >= 0.3 is 6.09 Å². The topological polar surface area (TPSA) is 112 Å². The standard InChI is InChI=1S/C24H35N5O4S2/c1-24(2,3)18-11-25-19(33-18)15-34-20-12-26-22(35-20)27-21(30)17-6-9-28(10-7-17)13-16-5-4-8-29(14-16)23(31)32/h11-12,16-17H,4-10,13-15H2,1-3H3,(H,31,32)(H,26,27,30). The van der Waals surface area contributed by atoms with Gasteiger partial charge in [-0.2, -0.15) is 0 Å². The molecule has 0 spiro atoms. The smallest absolute Gasteiger partial charge is 0.407 e. The van der Waals surface area contributed by atoms with Gasteiger partial charge in [0.25, 0.3) is 0 Å². The van der Waals surface area contributed by atoms with Crippen molar-refractivity contribution in [3.8, 4) is 0 Å². The SMILES string of the molecule is CC(C)(C)c1cnc(CSc2cnc(NC(=O)C3CCN(CC4CCCN(C(=O)O)C4)CC3)s2)o1. The van der Waals surface area contributed by atoms with Gasteiger partial charge in [-0.15, -0.1) is 11.8 Å². The van der Waals surface area contributed by atoms with Gasteiger partial charge in [0.2, 0.25) is 11.8 Å². The largest absolute Gasteiger partial charge is 0.465 e. The number of nitrogens with one attached hydrogen (secondary N) is 1. The fourth-order valence-electron chi connectivity index (χ4n) is 4.58. The monoisotopic (exact) mass is 521 g/mol. The maximum atomic E-state index is 12.8. The van der Waals surface area contributed by atoms with E-state index in [1.54, 1.807) is 24.2 Å². The molecular formula is C24H35N5O4S2. The van der Waals surface area contributed by atoms with Crippen molar-refractivity contribution in [3.05, 3.63) is 24.0 Å². The third-order valence-corrected chi connectivity index (χ3v) is 8.70. The molecule has 192 valence electrons. The molecule has 2 saturated heterocycles.